The summed E-state index contributed by atoms with van der Waals surface area (Å²) in [6, 6.07) is 13.0. The largest absolute Gasteiger partial charge is 0.494 e. The summed E-state index contributed by atoms with van der Waals surface area (Å²) in [5, 5.41) is 4.33. The molecule has 0 aliphatic rings. The van der Waals surface area contributed by atoms with Crippen molar-refractivity contribution >= 4 is 22.4 Å². The second-order valence-corrected chi connectivity index (χ2v) is 8.72. The van der Waals surface area contributed by atoms with Gasteiger partial charge in [-0.3, -0.25) is 9.59 Å². The van der Waals surface area contributed by atoms with Gasteiger partial charge in [-0.05, 0) is 61.7 Å². The van der Waals surface area contributed by atoms with E-state index < -0.39 is 5.56 Å². The fourth-order valence-electron chi connectivity index (χ4n) is 3.48. The van der Waals surface area contributed by atoms with E-state index >= 15 is 0 Å². The first-order valence-corrected chi connectivity index (χ1v) is 12.4. The maximum atomic E-state index is 13.0. The molecule has 2 aromatic carbocycles. The van der Waals surface area contributed by atoms with Crippen LogP contribution in [0.25, 0.3) is 11.0 Å². The van der Waals surface area contributed by atoms with Crippen molar-refractivity contribution < 1.29 is 14.2 Å². The Kier molecular flexibility index (Phi) is 7.77. The van der Waals surface area contributed by atoms with Crippen LogP contribution in [0.15, 0.2) is 52.1 Å². The molecule has 0 bridgehead atoms. The summed E-state index contributed by atoms with van der Waals surface area (Å²) in [5.74, 6) is 2.03. The molecule has 0 aliphatic carbocycles. The van der Waals surface area contributed by atoms with E-state index in [0.717, 1.165) is 34.6 Å². The van der Waals surface area contributed by atoms with Gasteiger partial charge in [0, 0.05) is 6.42 Å². The normalized spacial score (nSPS) is 11.7. The van der Waals surface area contributed by atoms with Crippen molar-refractivity contribution in [2.45, 2.75) is 33.6 Å². The third kappa shape index (κ3) is 5.68. The molecule has 4 rings (SSSR count). The minimum Gasteiger partial charge on any atom is -0.494 e. The van der Waals surface area contributed by atoms with Crippen LogP contribution in [0.2, 0.25) is 0 Å². The minimum atomic E-state index is -0.441. The first-order valence-electron chi connectivity index (χ1n) is 11.6. The second-order valence-electron chi connectivity index (χ2n) is 7.72. The Bertz CT molecular complexity index is 1480. The molecule has 0 radical (unpaired) electrons. The van der Waals surface area contributed by atoms with Gasteiger partial charge >= 0.3 is 0 Å². The zero-order valence-electron chi connectivity index (χ0n) is 19.9. The number of rotatable bonds is 10. The number of ether oxygens (including phenoxy) is 3. The van der Waals surface area contributed by atoms with Crippen molar-refractivity contribution in [2.75, 3.05) is 19.8 Å². The summed E-state index contributed by atoms with van der Waals surface area (Å²) < 4.78 is 18.5. The number of thiazole rings is 1. The molecule has 182 valence electrons. The van der Waals surface area contributed by atoms with Crippen LogP contribution in [0.3, 0.4) is 0 Å². The van der Waals surface area contributed by atoms with Crippen molar-refractivity contribution in [2.24, 2.45) is 0 Å². The van der Waals surface area contributed by atoms with Crippen LogP contribution in [-0.4, -0.2) is 34.4 Å². The second kappa shape index (κ2) is 11.1. The smallest absolute Gasteiger partial charge is 0.296 e. The molecule has 0 N–H and O–H groups in total. The van der Waals surface area contributed by atoms with Gasteiger partial charge in [0.1, 0.15) is 11.4 Å². The lowest BCUT2D eigenvalue weighted by Crippen LogP contribution is -2.28. The lowest BCUT2D eigenvalue weighted by molar-refractivity contribution is 0.287. The topological polar surface area (TPSA) is 92.0 Å². The molecule has 9 heteroatoms. The van der Waals surface area contributed by atoms with Gasteiger partial charge in [-0.15, -0.1) is 0 Å². The molecule has 0 saturated heterocycles. The van der Waals surface area contributed by atoms with Crippen molar-refractivity contribution in [3.8, 4) is 17.2 Å². The molecular formula is C26H27N3O5S. The lowest BCUT2D eigenvalue weighted by Gasteiger charge is -2.11. The highest BCUT2D eigenvalue weighted by molar-refractivity contribution is 7.15. The molecule has 0 spiro atoms. The molecular weight excluding hydrogens is 466 g/mol. The third-order valence-corrected chi connectivity index (χ3v) is 6.04. The van der Waals surface area contributed by atoms with Crippen LogP contribution in [-0.2, 0) is 6.42 Å². The molecule has 2 aromatic heterocycles. The van der Waals surface area contributed by atoms with Gasteiger partial charge < -0.3 is 14.2 Å². The maximum Gasteiger partial charge on any atom is 0.296 e. The molecule has 0 atom stereocenters. The monoisotopic (exact) mass is 493 g/mol. The minimum absolute atomic E-state index is 0.214. The summed E-state index contributed by atoms with van der Waals surface area (Å²) in [6.45, 7) is 7.51. The average Bonchev–Trinajstić information content (AvgIpc) is 3.14. The van der Waals surface area contributed by atoms with Crippen LogP contribution < -0.4 is 29.9 Å². The molecule has 0 unspecified atom stereocenters. The highest BCUT2D eigenvalue weighted by atomic mass is 32.1. The number of hydrogen-bond acceptors (Lipinski definition) is 8. The van der Waals surface area contributed by atoms with Gasteiger partial charge in [0.05, 0.1) is 24.4 Å². The van der Waals surface area contributed by atoms with Gasteiger partial charge in [0.15, 0.2) is 11.5 Å². The first-order chi connectivity index (χ1) is 17.0. The fourth-order valence-corrected chi connectivity index (χ4v) is 4.38. The van der Waals surface area contributed by atoms with Crippen molar-refractivity contribution in [3.63, 3.8) is 0 Å². The average molecular weight is 494 g/mol. The van der Waals surface area contributed by atoms with Gasteiger partial charge in [-0.25, -0.2) is 0 Å². The number of hydrogen-bond donors (Lipinski definition) is 0. The molecule has 0 fully saturated rings. The highest BCUT2D eigenvalue weighted by Crippen LogP contribution is 2.28. The van der Waals surface area contributed by atoms with Gasteiger partial charge in [0.2, 0.25) is 4.96 Å². The molecule has 8 nitrogen and oxygen atoms in total. The number of nitrogens with zero attached hydrogens (tertiary/aromatic N) is 3. The van der Waals surface area contributed by atoms with Crippen molar-refractivity contribution in [1.82, 2.24) is 14.6 Å². The van der Waals surface area contributed by atoms with Crippen LogP contribution in [0.4, 0.5) is 0 Å². The number of fused-ring (bicyclic) bond motifs is 1. The predicted molar refractivity (Wildman–Crippen MR) is 136 cm³/mol. The quantitative estimate of drug-likeness (QED) is 0.335. The third-order valence-electron chi connectivity index (χ3n) is 5.08. The summed E-state index contributed by atoms with van der Waals surface area (Å²) in [6.07, 6.45) is 2.94. The SMILES string of the molecule is CCCOc1ccc(Cc2nn3c(=O)/c(=C\c4ccc(OCC)c(OCC)c4)sc3nc2=O)cc1. The molecule has 0 saturated carbocycles. The number of aromatic nitrogens is 3. The van der Waals surface area contributed by atoms with Gasteiger partial charge in [0.25, 0.3) is 11.1 Å². The number of benzene rings is 2. The zero-order valence-corrected chi connectivity index (χ0v) is 20.8. The van der Waals surface area contributed by atoms with E-state index in [2.05, 4.69) is 10.1 Å². The van der Waals surface area contributed by atoms with Crippen LogP contribution in [0.5, 0.6) is 17.2 Å². The van der Waals surface area contributed by atoms with Crippen LogP contribution in [0, 0.1) is 0 Å². The zero-order chi connectivity index (χ0) is 24.8. The van der Waals surface area contributed by atoms with E-state index in [1.165, 1.54) is 4.52 Å². The summed E-state index contributed by atoms with van der Waals surface area (Å²) in [7, 11) is 0. The van der Waals surface area contributed by atoms with Crippen LogP contribution >= 0.6 is 11.3 Å². The Hall–Kier alpha value is -3.72. The highest BCUT2D eigenvalue weighted by Gasteiger charge is 2.12. The summed E-state index contributed by atoms with van der Waals surface area (Å²) in [5.41, 5.74) is 1.10. The lowest BCUT2D eigenvalue weighted by atomic mass is 10.1. The Balaban J connectivity index is 1.66. The molecule has 2 heterocycles. The Morgan fingerprint density at radius 2 is 1.69 bits per heavy atom. The Labute approximate surface area is 206 Å². The molecule has 4 aromatic rings. The maximum absolute atomic E-state index is 13.0. The van der Waals surface area contributed by atoms with E-state index in [4.69, 9.17) is 14.2 Å². The molecule has 35 heavy (non-hydrogen) atoms. The van der Waals surface area contributed by atoms with Crippen molar-refractivity contribution in [1.29, 1.82) is 0 Å². The van der Waals surface area contributed by atoms with E-state index in [0.29, 0.717) is 35.9 Å². The van der Waals surface area contributed by atoms with E-state index in [9.17, 15) is 9.59 Å². The van der Waals surface area contributed by atoms with Crippen LogP contribution in [0.1, 0.15) is 44.0 Å². The first kappa shape index (κ1) is 24.4. The standard InChI is InChI=1S/C26H27N3O5S/c1-4-13-34-19-10-7-17(8-11-19)14-20-24(30)27-26-29(28-20)25(31)23(35-26)16-18-9-12-21(32-5-2)22(15-18)33-6-3/h7-12,15-16H,4-6,13-14H2,1-3H3/b23-16+. The summed E-state index contributed by atoms with van der Waals surface area (Å²) in [4.78, 5) is 30.0. The Morgan fingerprint density at radius 3 is 2.40 bits per heavy atom. The molecule has 0 amide bonds. The molecule has 0 aliphatic heterocycles. The van der Waals surface area contributed by atoms with E-state index in [-0.39, 0.29) is 22.6 Å². The van der Waals surface area contributed by atoms with E-state index in [1.54, 1.807) is 6.08 Å². The van der Waals surface area contributed by atoms with Gasteiger partial charge in [-0.2, -0.15) is 14.6 Å². The van der Waals surface area contributed by atoms with E-state index in [1.807, 2.05) is 63.2 Å². The Morgan fingerprint density at radius 1 is 0.943 bits per heavy atom. The van der Waals surface area contributed by atoms with Crippen molar-refractivity contribution in [3.05, 3.63) is 84.5 Å². The summed E-state index contributed by atoms with van der Waals surface area (Å²) >= 11 is 1.12. The van der Waals surface area contributed by atoms with Gasteiger partial charge in [-0.1, -0.05) is 36.5 Å². The fraction of sp³-hybridized carbons (Fsp3) is 0.308. The predicted octanol–water partition coefficient (Wildman–Crippen LogP) is 3.24.